The molecule has 196 valence electrons. The molecule has 4 aliphatic rings. The summed E-state index contributed by atoms with van der Waals surface area (Å²) in [5.74, 6) is 1.66. The number of ether oxygens (including phenoxy) is 4. The molecular weight excluding hydrogens is 478 g/mol. The molecule has 10 heteroatoms. The standard InChI is InChI=1S/C27H31N3O7/c1-29-6-8-30(9-7-29)25(32)13-18-12-20-19-11-17(3-5-21(19)37-26(20)24(14-31)36-18)28-27(33)16-2-4-22-23(10-16)35-15-34-22/h2-5,10-11,18,20,24,26,31H,6-9,12-15H2,1H3,(H,28,33)/t18-,20-,24-,26+/m1/s1. The summed E-state index contributed by atoms with van der Waals surface area (Å²) in [7, 11) is 2.06. The molecule has 2 amide bonds. The fourth-order valence-corrected chi connectivity index (χ4v) is 5.59. The van der Waals surface area contributed by atoms with Crippen LogP contribution in [0.3, 0.4) is 0 Å². The van der Waals surface area contributed by atoms with Crippen molar-refractivity contribution < 1.29 is 33.6 Å². The summed E-state index contributed by atoms with van der Waals surface area (Å²) >= 11 is 0. The molecule has 0 spiro atoms. The van der Waals surface area contributed by atoms with Gasteiger partial charge in [0.25, 0.3) is 5.91 Å². The van der Waals surface area contributed by atoms with Crippen LogP contribution in [0.2, 0.25) is 0 Å². The van der Waals surface area contributed by atoms with Crippen LogP contribution in [0, 0.1) is 0 Å². The third-order valence-electron chi connectivity index (χ3n) is 7.65. The van der Waals surface area contributed by atoms with Crippen LogP contribution in [-0.2, 0) is 9.53 Å². The topological polar surface area (TPSA) is 110 Å². The predicted molar refractivity (Wildman–Crippen MR) is 133 cm³/mol. The Balaban J connectivity index is 1.16. The Morgan fingerprint density at radius 3 is 2.62 bits per heavy atom. The number of piperazine rings is 1. The minimum atomic E-state index is -0.525. The van der Waals surface area contributed by atoms with Crippen LogP contribution in [0.5, 0.6) is 17.2 Å². The number of benzene rings is 2. The number of aliphatic hydroxyl groups excluding tert-OH is 1. The second-order valence-corrected chi connectivity index (χ2v) is 10.1. The van der Waals surface area contributed by atoms with Gasteiger partial charge in [0.1, 0.15) is 18.0 Å². The van der Waals surface area contributed by atoms with Gasteiger partial charge in [-0.3, -0.25) is 9.59 Å². The molecule has 0 aliphatic carbocycles. The number of hydrogen-bond acceptors (Lipinski definition) is 8. The molecule has 2 saturated heterocycles. The van der Waals surface area contributed by atoms with Crippen molar-refractivity contribution in [3.8, 4) is 17.2 Å². The first-order chi connectivity index (χ1) is 18.0. The van der Waals surface area contributed by atoms with E-state index in [0.717, 1.165) is 31.7 Å². The van der Waals surface area contributed by atoms with Crippen molar-refractivity contribution >= 4 is 17.5 Å². The zero-order valence-corrected chi connectivity index (χ0v) is 20.7. The van der Waals surface area contributed by atoms with Crippen molar-refractivity contribution in [3.05, 3.63) is 47.5 Å². The summed E-state index contributed by atoms with van der Waals surface area (Å²) in [5, 5.41) is 13.0. The number of rotatable bonds is 5. The highest BCUT2D eigenvalue weighted by Gasteiger charge is 2.46. The van der Waals surface area contributed by atoms with Gasteiger partial charge in [-0.1, -0.05) is 0 Å². The quantitative estimate of drug-likeness (QED) is 0.629. The van der Waals surface area contributed by atoms with Gasteiger partial charge >= 0.3 is 0 Å². The van der Waals surface area contributed by atoms with Gasteiger partial charge in [-0.2, -0.15) is 0 Å². The number of nitrogens with one attached hydrogen (secondary N) is 1. The number of hydrogen-bond donors (Lipinski definition) is 2. The van der Waals surface area contributed by atoms with Crippen LogP contribution >= 0.6 is 0 Å². The first-order valence-corrected chi connectivity index (χ1v) is 12.7. The Kier molecular flexibility index (Phi) is 6.39. The van der Waals surface area contributed by atoms with Gasteiger partial charge < -0.3 is 39.2 Å². The maximum Gasteiger partial charge on any atom is 0.255 e. The van der Waals surface area contributed by atoms with E-state index in [9.17, 15) is 14.7 Å². The second-order valence-electron chi connectivity index (χ2n) is 10.1. The van der Waals surface area contributed by atoms with Crippen LogP contribution in [0.25, 0.3) is 0 Å². The van der Waals surface area contributed by atoms with Crippen LogP contribution in [0.1, 0.15) is 34.7 Å². The number of anilines is 1. The van der Waals surface area contributed by atoms with E-state index in [-0.39, 0.29) is 49.8 Å². The third-order valence-corrected chi connectivity index (χ3v) is 7.65. The van der Waals surface area contributed by atoms with Crippen LogP contribution < -0.4 is 19.5 Å². The number of amides is 2. The summed E-state index contributed by atoms with van der Waals surface area (Å²) < 4.78 is 23.0. The van der Waals surface area contributed by atoms with Crippen molar-refractivity contribution in [2.45, 2.75) is 37.1 Å². The van der Waals surface area contributed by atoms with Crippen LogP contribution in [-0.4, -0.2) is 91.7 Å². The molecule has 0 bridgehead atoms. The van der Waals surface area contributed by atoms with Gasteiger partial charge in [0.05, 0.1) is 19.1 Å². The molecule has 0 unspecified atom stereocenters. The molecule has 2 aromatic rings. The molecular formula is C27H31N3O7. The predicted octanol–water partition coefficient (Wildman–Crippen LogP) is 1.83. The molecule has 2 aromatic carbocycles. The van der Waals surface area contributed by atoms with E-state index in [0.29, 0.717) is 34.9 Å². The van der Waals surface area contributed by atoms with Crippen molar-refractivity contribution in [2.24, 2.45) is 0 Å². The fraction of sp³-hybridized carbons (Fsp3) is 0.481. The second kappa shape index (κ2) is 9.85. The van der Waals surface area contributed by atoms with E-state index in [1.807, 2.05) is 17.0 Å². The zero-order valence-electron chi connectivity index (χ0n) is 20.7. The molecule has 2 N–H and O–H groups in total. The number of aliphatic hydroxyl groups is 1. The molecule has 0 radical (unpaired) electrons. The van der Waals surface area contributed by atoms with Gasteiger partial charge in [-0.15, -0.1) is 0 Å². The highest BCUT2D eigenvalue weighted by atomic mass is 16.7. The number of fused-ring (bicyclic) bond motifs is 4. The summed E-state index contributed by atoms with van der Waals surface area (Å²) in [6.07, 6.45) is -0.295. The van der Waals surface area contributed by atoms with E-state index >= 15 is 0 Å². The highest BCUT2D eigenvalue weighted by Crippen LogP contribution is 2.47. The van der Waals surface area contributed by atoms with E-state index in [1.165, 1.54) is 0 Å². The molecule has 4 atom stereocenters. The largest absolute Gasteiger partial charge is 0.487 e. The van der Waals surface area contributed by atoms with E-state index in [1.54, 1.807) is 24.3 Å². The smallest absolute Gasteiger partial charge is 0.255 e. The first kappa shape index (κ1) is 24.0. The lowest BCUT2D eigenvalue weighted by atomic mass is 9.84. The lowest BCUT2D eigenvalue weighted by Gasteiger charge is -2.38. The Bertz CT molecular complexity index is 1200. The number of likely N-dealkylation sites (N-methyl/N-ethyl adjacent to an activating group) is 1. The van der Waals surface area contributed by atoms with Gasteiger partial charge in [0.2, 0.25) is 12.7 Å². The van der Waals surface area contributed by atoms with E-state index < -0.39 is 6.10 Å². The molecule has 0 aromatic heterocycles. The Morgan fingerprint density at radius 1 is 1.03 bits per heavy atom. The minimum absolute atomic E-state index is 0.0476. The molecule has 4 aliphatic heterocycles. The average molecular weight is 510 g/mol. The lowest BCUT2D eigenvalue weighted by molar-refractivity contribution is -0.150. The Labute approximate surface area is 215 Å². The van der Waals surface area contributed by atoms with Gasteiger partial charge in [-0.25, -0.2) is 0 Å². The van der Waals surface area contributed by atoms with Crippen LogP contribution in [0.15, 0.2) is 36.4 Å². The maximum absolute atomic E-state index is 13.0. The van der Waals surface area contributed by atoms with Crippen molar-refractivity contribution in [1.29, 1.82) is 0 Å². The van der Waals surface area contributed by atoms with E-state index in [4.69, 9.17) is 18.9 Å². The normalized spacial score (nSPS) is 26.3. The molecule has 6 rings (SSSR count). The molecule has 4 heterocycles. The Hall–Kier alpha value is -3.34. The van der Waals surface area contributed by atoms with Gasteiger partial charge in [0.15, 0.2) is 11.5 Å². The average Bonchev–Trinajstić information content (AvgIpc) is 3.52. The number of nitrogens with zero attached hydrogens (tertiary/aromatic N) is 2. The summed E-state index contributed by atoms with van der Waals surface area (Å²) in [5.41, 5.74) is 2.06. The zero-order chi connectivity index (χ0) is 25.5. The minimum Gasteiger partial charge on any atom is -0.487 e. The van der Waals surface area contributed by atoms with Crippen molar-refractivity contribution in [2.75, 3.05) is 51.9 Å². The third kappa shape index (κ3) is 4.72. The lowest BCUT2D eigenvalue weighted by Crippen LogP contribution is -2.50. The molecule has 37 heavy (non-hydrogen) atoms. The van der Waals surface area contributed by atoms with Crippen molar-refractivity contribution in [3.63, 3.8) is 0 Å². The SMILES string of the molecule is CN1CCN(C(=O)C[C@H]2C[C@@H]3c4cc(NC(=O)c5ccc6c(c5)OCO6)ccc4O[C@@H]3[C@@H](CO)O2)CC1. The number of carbonyl (C=O) groups is 2. The summed E-state index contributed by atoms with van der Waals surface area (Å²) in [6, 6.07) is 10.6. The molecule has 2 fully saturated rings. The first-order valence-electron chi connectivity index (χ1n) is 12.7. The summed E-state index contributed by atoms with van der Waals surface area (Å²) in [4.78, 5) is 30.0. The molecule has 0 saturated carbocycles. The van der Waals surface area contributed by atoms with Crippen LogP contribution in [0.4, 0.5) is 5.69 Å². The van der Waals surface area contributed by atoms with Crippen molar-refractivity contribution in [1.82, 2.24) is 9.80 Å². The number of carbonyl (C=O) groups excluding carboxylic acids is 2. The fourth-order valence-electron chi connectivity index (χ4n) is 5.59. The van der Waals surface area contributed by atoms with Gasteiger partial charge in [0, 0.05) is 48.9 Å². The monoisotopic (exact) mass is 509 g/mol. The Morgan fingerprint density at radius 2 is 1.81 bits per heavy atom. The van der Waals surface area contributed by atoms with E-state index in [2.05, 4.69) is 17.3 Å². The highest BCUT2D eigenvalue weighted by molar-refractivity contribution is 6.04. The molecule has 10 nitrogen and oxygen atoms in total. The summed E-state index contributed by atoms with van der Waals surface area (Å²) in [6.45, 7) is 3.12. The van der Waals surface area contributed by atoms with Gasteiger partial charge in [-0.05, 0) is 49.9 Å². The maximum atomic E-state index is 13.0.